The van der Waals surface area contributed by atoms with Crippen molar-refractivity contribution < 1.29 is 48.5 Å². The van der Waals surface area contributed by atoms with Crippen LogP contribution in [0.25, 0.3) is 0 Å². The molecule has 0 spiro atoms. The van der Waals surface area contributed by atoms with Crippen LogP contribution in [-0.4, -0.2) is 57.6 Å². The third-order valence-electron chi connectivity index (χ3n) is 6.27. The van der Waals surface area contributed by atoms with Crippen LogP contribution >= 0.6 is 0 Å². The van der Waals surface area contributed by atoms with Crippen molar-refractivity contribution in [2.45, 2.75) is 44.2 Å². The summed E-state index contributed by atoms with van der Waals surface area (Å²) in [6, 6.07) is 23.3. The molecule has 0 aromatic heterocycles. The average molecular weight is 606 g/mol. The van der Waals surface area contributed by atoms with E-state index in [1.807, 2.05) is 5.32 Å². The van der Waals surface area contributed by atoms with E-state index < -0.39 is 60.2 Å². The van der Waals surface area contributed by atoms with Crippen LogP contribution in [0.5, 0.6) is 0 Å². The zero-order valence-corrected chi connectivity index (χ0v) is 23.4. The van der Waals surface area contributed by atoms with Crippen LogP contribution in [0.4, 0.5) is 9.59 Å². The van der Waals surface area contributed by atoms with Crippen molar-refractivity contribution in [1.29, 1.82) is 0 Å². The van der Waals surface area contributed by atoms with Gasteiger partial charge in [0.2, 0.25) is 11.4 Å². The predicted molar refractivity (Wildman–Crippen MR) is 154 cm³/mol. The third-order valence-corrected chi connectivity index (χ3v) is 6.27. The SMILES string of the molecule is O=C(O)C[C@H](NC(=O)OCc1ccccc1)C(=O)[C@@](CC(=O)NCc1ccccc1)(NC(=O)OCc1ccccc1)C(=O)O. The Labute approximate surface area is 252 Å². The van der Waals surface area contributed by atoms with Crippen molar-refractivity contribution in [3.63, 3.8) is 0 Å². The van der Waals surface area contributed by atoms with Gasteiger partial charge in [-0.25, -0.2) is 14.4 Å². The lowest BCUT2D eigenvalue weighted by molar-refractivity contribution is -0.154. The number of Topliss-reactive ketones (excluding diaryl/α,β-unsaturated/α-hetero) is 1. The molecule has 3 aromatic rings. The summed E-state index contributed by atoms with van der Waals surface area (Å²) in [6.45, 7) is -0.583. The number of carboxylic acid groups (broad SMARTS) is 2. The number of hydrogen-bond acceptors (Lipinski definition) is 8. The number of nitrogens with one attached hydrogen (secondary N) is 3. The summed E-state index contributed by atoms with van der Waals surface area (Å²) in [7, 11) is 0. The lowest BCUT2D eigenvalue weighted by atomic mass is 9.84. The van der Waals surface area contributed by atoms with Crippen molar-refractivity contribution >= 4 is 35.8 Å². The minimum atomic E-state index is -3.04. The summed E-state index contributed by atoms with van der Waals surface area (Å²) in [5.74, 6) is -6.01. The van der Waals surface area contributed by atoms with Crippen molar-refractivity contribution in [2.75, 3.05) is 0 Å². The van der Waals surface area contributed by atoms with Crippen molar-refractivity contribution in [3.8, 4) is 0 Å². The fourth-order valence-corrected chi connectivity index (χ4v) is 4.05. The van der Waals surface area contributed by atoms with Gasteiger partial charge in [-0.1, -0.05) is 91.0 Å². The first-order valence-electron chi connectivity index (χ1n) is 13.4. The van der Waals surface area contributed by atoms with Gasteiger partial charge in [-0.2, -0.15) is 0 Å². The Kier molecular flexibility index (Phi) is 12.0. The molecule has 2 atom stereocenters. The molecule has 0 heterocycles. The fraction of sp³-hybridized carbons (Fsp3) is 0.226. The van der Waals surface area contributed by atoms with Crippen LogP contribution in [0.2, 0.25) is 0 Å². The second kappa shape index (κ2) is 16.1. The predicted octanol–water partition coefficient (Wildman–Crippen LogP) is 2.78. The Morgan fingerprint density at radius 1 is 0.682 bits per heavy atom. The second-order valence-corrected chi connectivity index (χ2v) is 9.56. The largest absolute Gasteiger partial charge is 0.481 e. The standard InChI is InChI=1S/C31H31N3O10/c35-25(32-18-21-10-4-1-5-11-21)17-31(28(39)40,34-30(42)44-20-23-14-8-3-9-15-23)27(38)24(16-26(36)37)33-29(41)43-19-22-12-6-2-7-13-22/h1-15,24H,16-20H2,(H,32,35)(H,33,41)(H,34,42)(H,36,37)(H,39,40)/t24-,31+/m0/s1. The van der Waals surface area contributed by atoms with E-state index in [4.69, 9.17) is 9.47 Å². The van der Waals surface area contributed by atoms with E-state index in [2.05, 4.69) is 10.6 Å². The number of aliphatic carboxylic acids is 2. The van der Waals surface area contributed by atoms with Gasteiger partial charge in [0.05, 0.1) is 12.8 Å². The number of amides is 3. The Bertz CT molecular complexity index is 1390. The maximum Gasteiger partial charge on any atom is 0.408 e. The van der Waals surface area contributed by atoms with Crippen LogP contribution < -0.4 is 16.0 Å². The van der Waals surface area contributed by atoms with E-state index in [9.17, 15) is 39.0 Å². The Balaban J connectivity index is 1.85. The smallest absolute Gasteiger partial charge is 0.408 e. The molecular formula is C31H31N3O10. The molecule has 0 bridgehead atoms. The first-order chi connectivity index (χ1) is 21.1. The van der Waals surface area contributed by atoms with E-state index in [1.54, 1.807) is 91.0 Å². The summed E-state index contributed by atoms with van der Waals surface area (Å²) in [5.41, 5.74) is -1.25. The molecule has 0 unspecified atom stereocenters. The Hall–Kier alpha value is -5.72. The number of rotatable bonds is 15. The highest BCUT2D eigenvalue weighted by Crippen LogP contribution is 2.19. The van der Waals surface area contributed by atoms with Gasteiger partial charge in [0, 0.05) is 6.54 Å². The molecule has 44 heavy (non-hydrogen) atoms. The third kappa shape index (κ3) is 9.98. The molecule has 0 aliphatic rings. The number of hydrogen-bond donors (Lipinski definition) is 5. The molecule has 0 aliphatic carbocycles. The van der Waals surface area contributed by atoms with Crippen LogP contribution in [-0.2, 0) is 48.4 Å². The van der Waals surface area contributed by atoms with E-state index in [1.165, 1.54) is 0 Å². The first-order valence-corrected chi connectivity index (χ1v) is 13.4. The normalized spacial score (nSPS) is 12.5. The van der Waals surface area contributed by atoms with E-state index in [0.717, 1.165) is 0 Å². The van der Waals surface area contributed by atoms with Gasteiger partial charge in [0.1, 0.15) is 19.3 Å². The van der Waals surface area contributed by atoms with Gasteiger partial charge in [-0.3, -0.25) is 19.7 Å². The molecule has 0 fully saturated rings. The summed E-state index contributed by atoms with van der Waals surface area (Å²) in [5, 5.41) is 26.2. The molecule has 3 aromatic carbocycles. The van der Waals surface area contributed by atoms with Crippen LogP contribution in [0.3, 0.4) is 0 Å². The number of benzene rings is 3. The number of carbonyl (C=O) groups excluding carboxylic acids is 4. The monoisotopic (exact) mass is 605 g/mol. The number of ether oxygens (including phenoxy) is 2. The Morgan fingerprint density at radius 2 is 1.16 bits per heavy atom. The number of alkyl carbamates (subject to hydrolysis) is 2. The highest BCUT2D eigenvalue weighted by molar-refractivity contribution is 6.15. The minimum absolute atomic E-state index is 0.0371. The number of carbonyl (C=O) groups is 6. The molecule has 230 valence electrons. The summed E-state index contributed by atoms with van der Waals surface area (Å²) in [6.07, 6.45) is -4.83. The molecule has 13 heteroatoms. The van der Waals surface area contributed by atoms with Crippen molar-refractivity contribution in [3.05, 3.63) is 108 Å². The molecule has 13 nitrogen and oxygen atoms in total. The van der Waals surface area contributed by atoms with Gasteiger partial charge in [-0.05, 0) is 16.7 Å². The number of carboxylic acids is 2. The molecule has 5 N–H and O–H groups in total. The average Bonchev–Trinajstić information content (AvgIpc) is 3.02. The minimum Gasteiger partial charge on any atom is -0.481 e. The highest BCUT2D eigenvalue weighted by atomic mass is 16.6. The molecule has 0 saturated heterocycles. The van der Waals surface area contributed by atoms with Crippen molar-refractivity contribution in [2.24, 2.45) is 0 Å². The van der Waals surface area contributed by atoms with Crippen LogP contribution in [0, 0.1) is 0 Å². The zero-order valence-electron chi connectivity index (χ0n) is 23.4. The van der Waals surface area contributed by atoms with Gasteiger partial charge >= 0.3 is 24.1 Å². The Morgan fingerprint density at radius 3 is 1.64 bits per heavy atom. The molecule has 3 amide bonds. The summed E-state index contributed by atoms with van der Waals surface area (Å²) >= 11 is 0. The second-order valence-electron chi connectivity index (χ2n) is 9.56. The zero-order chi connectivity index (χ0) is 32.0. The quantitative estimate of drug-likeness (QED) is 0.161. The highest BCUT2D eigenvalue weighted by Gasteiger charge is 2.53. The lowest BCUT2D eigenvalue weighted by Crippen LogP contribution is -2.66. The molecule has 0 radical (unpaired) electrons. The molecule has 3 rings (SSSR count). The van der Waals surface area contributed by atoms with Gasteiger partial charge in [-0.15, -0.1) is 0 Å². The maximum atomic E-state index is 13.8. The van der Waals surface area contributed by atoms with E-state index >= 15 is 0 Å². The van der Waals surface area contributed by atoms with E-state index in [0.29, 0.717) is 16.7 Å². The fourth-order valence-electron chi connectivity index (χ4n) is 4.05. The molecular weight excluding hydrogens is 574 g/mol. The van der Waals surface area contributed by atoms with Gasteiger partial charge < -0.3 is 30.3 Å². The van der Waals surface area contributed by atoms with Gasteiger partial charge in [0.25, 0.3) is 0 Å². The first kappa shape index (κ1) is 32.8. The van der Waals surface area contributed by atoms with Crippen molar-refractivity contribution in [1.82, 2.24) is 16.0 Å². The van der Waals surface area contributed by atoms with Crippen LogP contribution in [0.1, 0.15) is 29.5 Å². The summed E-state index contributed by atoms with van der Waals surface area (Å²) < 4.78 is 10.2. The van der Waals surface area contributed by atoms with Crippen LogP contribution in [0.15, 0.2) is 91.0 Å². The molecule has 0 saturated carbocycles. The molecule has 0 aliphatic heterocycles. The van der Waals surface area contributed by atoms with Gasteiger partial charge in [0.15, 0.2) is 5.78 Å². The summed E-state index contributed by atoms with van der Waals surface area (Å²) in [4.78, 5) is 76.5. The maximum absolute atomic E-state index is 13.8. The van der Waals surface area contributed by atoms with E-state index in [-0.39, 0.29) is 19.8 Å². The topological polar surface area (TPSA) is 197 Å². The lowest BCUT2D eigenvalue weighted by Gasteiger charge is -2.31. The number of ketones is 1.